The highest BCUT2D eigenvalue weighted by molar-refractivity contribution is 7.86. The van der Waals surface area contributed by atoms with E-state index in [0.29, 0.717) is 58.2 Å². The molecule has 2 saturated heterocycles. The second-order valence-corrected chi connectivity index (χ2v) is 13.9. The van der Waals surface area contributed by atoms with E-state index in [1.807, 2.05) is 6.07 Å². The molecule has 204 valence electrons. The van der Waals surface area contributed by atoms with Crippen molar-refractivity contribution in [3.8, 4) is 0 Å². The van der Waals surface area contributed by atoms with Crippen molar-refractivity contribution in [2.45, 2.75) is 51.5 Å². The van der Waals surface area contributed by atoms with Crippen LogP contribution < -0.4 is 10.2 Å². The minimum absolute atomic E-state index is 0.105. The van der Waals surface area contributed by atoms with Gasteiger partial charge in [-0.1, -0.05) is 0 Å². The maximum atomic E-state index is 13.0. The molecule has 2 heterocycles. The molecule has 11 heteroatoms. The van der Waals surface area contributed by atoms with Gasteiger partial charge in [-0.3, -0.25) is 10.1 Å². The van der Waals surface area contributed by atoms with Gasteiger partial charge in [-0.2, -0.15) is 17.0 Å². The Morgan fingerprint density at radius 1 is 0.973 bits per heavy atom. The Morgan fingerprint density at radius 3 is 2.11 bits per heavy atom. The molecule has 1 N–H and O–H groups in total. The number of ether oxygens (including phenoxy) is 1. The fraction of sp³-hybridized carbons (Fsp3) is 0.769. The molecule has 0 amide bonds. The van der Waals surface area contributed by atoms with E-state index < -0.39 is 10.2 Å². The first-order valence-corrected chi connectivity index (χ1v) is 15.3. The second-order valence-electron chi connectivity index (χ2n) is 12.0. The minimum atomic E-state index is -3.50. The monoisotopic (exact) mass is 533 g/mol. The molecule has 37 heavy (non-hydrogen) atoms. The lowest BCUT2D eigenvalue weighted by molar-refractivity contribution is -0.384. The third kappa shape index (κ3) is 4.72. The van der Waals surface area contributed by atoms with E-state index in [-0.39, 0.29) is 22.1 Å². The molecule has 6 aliphatic rings. The predicted molar refractivity (Wildman–Crippen MR) is 142 cm³/mol. The van der Waals surface area contributed by atoms with Crippen LogP contribution in [0.3, 0.4) is 0 Å². The molecule has 0 radical (unpaired) electrons. The van der Waals surface area contributed by atoms with Crippen LogP contribution in [0.2, 0.25) is 0 Å². The first-order valence-electron chi connectivity index (χ1n) is 13.9. The van der Waals surface area contributed by atoms with Crippen molar-refractivity contribution in [1.82, 2.24) is 8.61 Å². The predicted octanol–water partition coefficient (Wildman–Crippen LogP) is 3.31. The van der Waals surface area contributed by atoms with Gasteiger partial charge in [-0.15, -0.1) is 0 Å². The van der Waals surface area contributed by atoms with E-state index in [1.165, 1.54) is 42.8 Å². The standard InChI is InChI=1S/C26H39N5O5S/c1-19(26-16-20-12-21(17-26)14-22(13-20)18-26)27-24-15-23(2-3-25(24)31(32)33)28-4-6-29(7-5-28)37(34,35)30-8-10-36-11-9-30/h2-3,15,19-22,27H,4-14,16-18H2,1H3. The van der Waals surface area contributed by atoms with Crippen LogP contribution in [0.25, 0.3) is 0 Å². The van der Waals surface area contributed by atoms with Gasteiger partial charge in [0.25, 0.3) is 15.9 Å². The van der Waals surface area contributed by atoms with Crippen molar-refractivity contribution in [3.63, 3.8) is 0 Å². The lowest BCUT2D eigenvalue weighted by Crippen LogP contribution is -2.55. The molecular weight excluding hydrogens is 494 g/mol. The van der Waals surface area contributed by atoms with Crippen LogP contribution in [-0.4, -0.2) is 80.5 Å². The Labute approximate surface area is 219 Å². The summed E-state index contributed by atoms with van der Waals surface area (Å²) in [4.78, 5) is 13.7. The van der Waals surface area contributed by atoms with Gasteiger partial charge in [0.2, 0.25) is 0 Å². The molecule has 1 atom stereocenters. The largest absolute Gasteiger partial charge is 0.379 e. The second kappa shape index (κ2) is 9.66. The van der Waals surface area contributed by atoms with Gasteiger partial charge < -0.3 is 15.0 Å². The SMILES string of the molecule is CC(Nc1cc(N2CCN(S(=O)(=O)N3CCOCC3)CC2)ccc1[N+](=O)[O-])C12CC3CC(CC(C3)C1)C2. The number of morpholine rings is 1. The number of piperazine rings is 1. The molecular formula is C26H39N5O5S. The van der Waals surface area contributed by atoms with Crippen molar-refractivity contribution in [2.24, 2.45) is 23.2 Å². The van der Waals surface area contributed by atoms with Crippen LogP contribution in [0.15, 0.2) is 18.2 Å². The average molecular weight is 534 g/mol. The van der Waals surface area contributed by atoms with E-state index in [4.69, 9.17) is 4.74 Å². The Morgan fingerprint density at radius 2 is 1.54 bits per heavy atom. The summed E-state index contributed by atoms with van der Waals surface area (Å²) in [6.45, 7) is 5.74. The Kier molecular flexibility index (Phi) is 6.61. The molecule has 2 aliphatic heterocycles. The summed E-state index contributed by atoms with van der Waals surface area (Å²) in [7, 11) is -3.50. The number of benzene rings is 1. The smallest absolute Gasteiger partial charge is 0.292 e. The molecule has 10 nitrogen and oxygen atoms in total. The average Bonchev–Trinajstić information content (AvgIpc) is 2.88. The van der Waals surface area contributed by atoms with Gasteiger partial charge in [-0.25, -0.2) is 0 Å². The van der Waals surface area contributed by atoms with Crippen molar-refractivity contribution >= 4 is 27.3 Å². The summed E-state index contributed by atoms with van der Waals surface area (Å²) < 4.78 is 34.4. The van der Waals surface area contributed by atoms with E-state index in [9.17, 15) is 18.5 Å². The maximum absolute atomic E-state index is 13.0. The van der Waals surface area contributed by atoms with Crippen molar-refractivity contribution in [2.75, 3.05) is 62.7 Å². The number of nitro groups is 1. The third-order valence-corrected chi connectivity index (χ3v) is 11.8. The molecule has 1 unspecified atom stereocenters. The van der Waals surface area contributed by atoms with Crippen LogP contribution in [0.1, 0.15) is 45.4 Å². The van der Waals surface area contributed by atoms with E-state index in [0.717, 1.165) is 23.4 Å². The quantitative estimate of drug-likeness (QED) is 0.423. The molecule has 4 aliphatic carbocycles. The van der Waals surface area contributed by atoms with Crippen LogP contribution in [0.4, 0.5) is 17.1 Å². The molecule has 7 rings (SSSR count). The van der Waals surface area contributed by atoms with Crippen molar-refractivity contribution < 1.29 is 18.1 Å². The number of hydrogen-bond acceptors (Lipinski definition) is 7. The summed E-state index contributed by atoms with van der Waals surface area (Å²) in [5.74, 6) is 2.46. The van der Waals surface area contributed by atoms with Gasteiger partial charge in [0.05, 0.1) is 18.1 Å². The number of nitro benzene ring substituents is 1. The van der Waals surface area contributed by atoms with Gasteiger partial charge in [0.1, 0.15) is 5.69 Å². The highest BCUT2D eigenvalue weighted by Crippen LogP contribution is 2.61. The Hall–Kier alpha value is -1.95. The number of nitrogens with zero attached hydrogens (tertiary/aromatic N) is 4. The zero-order chi connectivity index (χ0) is 25.8. The summed E-state index contributed by atoms with van der Waals surface area (Å²) >= 11 is 0. The minimum Gasteiger partial charge on any atom is -0.379 e. The van der Waals surface area contributed by atoms with Crippen LogP contribution >= 0.6 is 0 Å². The molecule has 1 aromatic rings. The van der Waals surface area contributed by atoms with Gasteiger partial charge in [0.15, 0.2) is 0 Å². The normalized spacial score (nSPS) is 33.4. The summed E-state index contributed by atoms with van der Waals surface area (Å²) in [5, 5.41) is 15.5. The number of hydrogen-bond donors (Lipinski definition) is 1. The Balaban J connectivity index is 1.16. The number of rotatable bonds is 7. The third-order valence-electron chi connectivity index (χ3n) is 9.78. The van der Waals surface area contributed by atoms with Crippen molar-refractivity contribution in [3.05, 3.63) is 28.3 Å². The summed E-state index contributed by atoms with van der Waals surface area (Å²) in [5.41, 5.74) is 1.81. The fourth-order valence-electron chi connectivity index (χ4n) is 8.21. The summed E-state index contributed by atoms with van der Waals surface area (Å²) in [6, 6.07) is 5.47. The lowest BCUT2D eigenvalue weighted by atomic mass is 9.48. The topological polar surface area (TPSA) is 108 Å². The first-order chi connectivity index (χ1) is 17.7. The van der Waals surface area contributed by atoms with Gasteiger partial charge >= 0.3 is 0 Å². The molecule has 4 saturated carbocycles. The zero-order valence-corrected chi connectivity index (χ0v) is 22.5. The number of anilines is 2. The van der Waals surface area contributed by atoms with Crippen LogP contribution in [0, 0.1) is 33.3 Å². The molecule has 6 fully saturated rings. The maximum Gasteiger partial charge on any atom is 0.292 e. The lowest BCUT2D eigenvalue weighted by Gasteiger charge is -2.59. The van der Waals surface area contributed by atoms with Crippen LogP contribution in [0.5, 0.6) is 0 Å². The Bertz CT molecular complexity index is 1090. The van der Waals surface area contributed by atoms with Crippen LogP contribution in [-0.2, 0) is 14.9 Å². The first kappa shape index (κ1) is 25.3. The fourth-order valence-corrected chi connectivity index (χ4v) is 9.77. The summed E-state index contributed by atoms with van der Waals surface area (Å²) in [6.07, 6.45) is 7.82. The molecule has 0 spiro atoms. The van der Waals surface area contributed by atoms with Gasteiger partial charge in [0, 0.05) is 57.1 Å². The van der Waals surface area contributed by atoms with E-state index in [1.54, 1.807) is 16.4 Å². The molecule has 1 aromatic carbocycles. The zero-order valence-electron chi connectivity index (χ0n) is 21.7. The van der Waals surface area contributed by atoms with E-state index in [2.05, 4.69) is 17.1 Å². The molecule has 0 aromatic heterocycles. The van der Waals surface area contributed by atoms with Crippen molar-refractivity contribution in [1.29, 1.82) is 0 Å². The molecule has 4 bridgehead atoms. The van der Waals surface area contributed by atoms with E-state index >= 15 is 0 Å². The highest BCUT2D eigenvalue weighted by Gasteiger charge is 2.53. The highest BCUT2D eigenvalue weighted by atomic mass is 32.2. The van der Waals surface area contributed by atoms with Gasteiger partial charge in [-0.05, 0) is 80.8 Å². The number of nitrogens with one attached hydrogen (secondary N) is 1.